The molecule has 1 amide bonds. The molecule has 0 unspecified atom stereocenters. The third-order valence-corrected chi connectivity index (χ3v) is 3.48. The minimum atomic E-state index is -0.435. The Morgan fingerprint density at radius 1 is 1.32 bits per heavy atom. The molecule has 0 aliphatic carbocycles. The number of carbonyl (C=O) groups is 1. The molecule has 1 aliphatic rings. The zero-order chi connectivity index (χ0) is 15.5. The van der Waals surface area contributed by atoms with E-state index in [2.05, 4.69) is 5.32 Å². The summed E-state index contributed by atoms with van der Waals surface area (Å²) >= 11 is 0. The number of hydrogen-bond acceptors (Lipinski definition) is 5. The van der Waals surface area contributed by atoms with Crippen molar-refractivity contribution in [1.29, 1.82) is 0 Å². The van der Waals surface area contributed by atoms with Crippen LogP contribution in [0.1, 0.15) is 16.1 Å². The van der Waals surface area contributed by atoms with Crippen LogP contribution in [-0.4, -0.2) is 38.4 Å². The highest BCUT2D eigenvalue weighted by atomic mass is 16.6. The summed E-state index contributed by atoms with van der Waals surface area (Å²) in [4.78, 5) is 24.2. The van der Waals surface area contributed by atoms with Crippen molar-refractivity contribution >= 4 is 16.9 Å². The van der Waals surface area contributed by atoms with Gasteiger partial charge >= 0.3 is 0 Å². The van der Waals surface area contributed by atoms with Gasteiger partial charge in [-0.25, -0.2) is 0 Å². The van der Waals surface area contributed by atoms with Crippen LogP contribution >= 0.6 is 0 Å². The molecule has 1 aromatic carbocycles. The van der Waals surface area contributed by atoms with Gasteiger partial charge in [-0.05, 0) is 24.6 Å². The SMILES string of the molecule is Cc1ccc2c(=O)cc(C(=O)NC[C@@H]3COCCO3)oc2c1. The number of hydrogen-bond donors (Lipinski definition) is 1. The molecule has 1 saturated heterocycles. The summed E-state index contributed by atoms with van der Waals surface area (Å²) in [5.74, 6) is -0.436. The number of benzene rings is 1. The highest BCUT2D eigenvalue weighted by Gasteiger charge is 2.17. The summed E-state index contributed by atoms with van der Waals surface area (Å²) in [7, 11) is 0. The average molecular weight is 303 g/mol. The average Bonchev–Trinajstić information content (AvgIpc) is 2.53. The molecule has 1 aliphatic heterocycles. The maximum absolute atomic E-state index is 12.1. The minimum Gasteiger partial charge on any atom is -0.451 e. The van der Waals surface area contributed by atoms with Gasteiger partial charge in [0.2, 0.25) is 0 Å². The zero-order valence-electron chi connectivity index (χ0n) is 12.3. The summed E-state index contributed by atoms with van der Waals surface area (Å²) in [5.41, 5.74) is 1.14. The fourth-order valence-electron chi connectivity index (χ4n) is 2.32. The van der Waals surface area contributed by atoms with Gasteiger partial charge in [-0.15, -0.1) is 0 Å². The van der Waals surface area contributed by atoms with Crippen molar-refractivity contribution in [2.45, 2.75) is 13.0 Å². The Hall–Kier alpha value is -2.18. The molecule has 0 spiro atoms. The molecule has 2 heterocycles. The first kappa shape index (κ1) is 14.7. The summed E-state index contributed by atoms with van der Waals surface area (Å²) in [5, 5.41) is 3.16. The van der Waals surface area contributed by atoms with Crippen LogP contribution < -0.4 is 10.7 Å². The zero-order valence-corrected chi connectivity index (χ0v) is 12.3. The lowest BCUT2D eigenvalue weighted by molar-refractivity contribution is -0.0856. The largest absolute Gasteiger partial charge is 0.451 e. The molecule has 6 nitrogen and oxygen atoms in total. The molecule has 1 atom stereocenters. The van der Waals surface area contributed by atoms with Crippen molar-refractivity contribution < 1.29 is 18.7 Å². The number of carbonyl (C=O) groups excluding carboxylic acids is 1. The van der Waals surface area contributed by atoms with Crippen molar-refractivity contribution in [2.75, 3.05) is 26.4 Å². The maximum Gasteiger partial charge on any atom is 0.287 e. The highest BCUT2D eigenvalue weighted by molar-refractivity contribution is 5.93. The van der Waals surface area contributed by atoms with E-state index < -0.39 is 5.91 Å². The van der Waals surface area contributed by atoms with Crippen molar-refractivity contribution in [1.82, 2.24) is 5.32 Å². The molecule has 0 saturated carbocycles. The lowest BCUT2D eigenvalue weighted by Gasteiger charge is -2.22. The molecule has 116 valence electrons. The van der Waals surface area contributed by atoms with Gasteiger partial charge in [0.05, 0.1) is 31.3 Å². The van der Waals surface area contributed by atoms with Crippen molar-refractivity contribution in [3.63, 3.8) is 0 Å². The molecule has 2 aromatic rings. The van der Waals surface area contributed by atoms with E-state index in [1.807, 2.05) is 13.0 Å². The van der Waals surface area contributed by atoms with E-state index in [1.165, 1.54) is 6.07 Å². The summed E-state index contributed by atoms with van der Waals surface area (Å²) in [6.45, 7) is 3.75. The van der Waals surface area contributed by atoms with Crippen LogP contribution in [0.25, 0.3) is 11.0 Å². The maximum atomic E-state index is 12.1. The van der Waals surface area contributed by atoms with E-state index in [4.69, 9.17) is 13.9 Å². The first-order valence-corrected chi connectivity index (χ1v) is 7.15. The Kier molecular flexibility index (Phi) is 4.22. The van der Waals surface area contributed by atoms with Gasteiger partial charge in [-0.2, -0.15) is 0 Å². The third-order valence-electron chi connectivity index (χ3n) is 3.48. The lowest BCUT2D eigenvalue weighted by Crippen LogP contribution is -2.39. The van der Waals surface area contributed by atoms with Crippen LogP contribution in [0.5, 0.6) is 0 Å². The summed E-state index contributed by atoms with van der Waals surface area (Å²) in [6.07, 6.45) is -0.174. The van der Waals surface area contributed by atoms with Crippen LogP contribution in [0.2, 0.25) is 0 Å². The molecule has 1 aromatic heterocycles. The van der Waals surface area contributed by atoms with Crippen LogP contribution in [0.4, 0.5) is 0 Å². The molecule has 0 radical (unpaired) electrons. The highest BCUT2D eigenvalue weighted by Crippen LogP contribution is 2.14. The molecular formula is C16H17NO5. The van der Waals surface area contributed by atoms with Gasteiger partial charge in [-0.3, -0.25) is 9.59 Å². The second-order valence-corrected chi connectivity index (χ2v) is 5.25. The van der Waals surface area contributed by atoms with Crippen LogP contribution in [0.3, 0.4) is 0 Å². The smallest absolute Gasteiger partial charge is 0.287 e. The number of rotatable bonds is 3. The van der Waals surface area contributed by atoms with Gasteiger partial charge in [-0.1, -0.05) is 6.07 Å². The Balaban J connectivity index is 1.77. The molecule has 22 heavy (non-hydrogen) atoms. The molecule has 6 heteroatoms. The predicted octanol–water partition coefficient (Wildman–Crippen LogP) is 1.25. The normalized spacial score (nSPS) is 18.3. The molecule has 3 rings (SSSR count). The summed E-state index contributed by atoms with van der Waals surface area (Å²) in [6, 6.07) is 6.49. The van der Waals surface area contributed by atoms with Gasteiger partial charge in [0.15, 0.2) is 11.2 Å². The van der Waals surface area contributed by atoms with E-state index in [0.717, 1.165) is 5.56 Å². The van der Waals surface area contributed by atoms with Crippen molar-refractivity contribution in [3.8, 4) is 0 Å². The number of fused-ring (bicyclic) bond motifs is 1. The molecule has 1 N–H and O–H groups in total. The fraction of sp³-hybridized carbons (Fsp3) is 0.375. The van der Waals surface area contributed by atoms with E-state index in [-0.39, 0.29) is 17.3 Å². The van der Waals surface area contributed by atoms with E-state index >= 15 is 0 Å². The lowest BCUT2D eigenvalue weighted by atomic mass is 10.1. The first-order chi connectivity index (χ1) is 10.6. The van der Waals surface area contributed by atoms with Crippen LogP contribution in [-0.2, 0) is 9.47 Å². The number of amides is 1. The number of nitrogens with one attached hydrogen (secondary N) is 1. The van der Waals surface area contributed by atoms with E-state index in [9.17, 15) is 9.59 Å². The Morgan fingerprint density at radius 3 is 2.95 bits per heavy atom. The topological polar surface area (TPSA) is 77.8 Å². The van der Waals surface area contributed by atoms with Crippen LogP contribution in [0.15, 0.2) is 33.5 Å². The van der Waals surface area contributed by atoms with Gasteiger partial charge < -0.3 is 19.2 Å². The number of aryl methyl sites for hydroxylation is 1. The molecule has 0 bridgehead atoms. The van der Waals surface area contributed by atoms with Gasteiger partial charge in [0, 0.05) is 12.6 Å². The van der Waals surface area contributed by atoms with Crippen molar-refractivity contribution in [3.05, 3.63) is 45.8 Å². The Labute approximate surface area is 127 Å². The first-order valence-electron chi connectivity index (χ1n) is 7.15. The molecular weight excluding hydrogens is 286 g/mol. The van der Waals surface area contributed by atoms with Gasteiger partial charge in [0.25, 0.3) is 5.91 Å². The fourth-order valence-corrected chi connectivity index (χ4v) is 2.32. The molecule has 1 fully saturated rings. The minimum absolute atomic E-state index is 0.000159. The standard InChI is InChI=1S/C16H17NO5/c1-10-2-3-12-13(18)7-15(22-14(12)6-10)16(19)17-8-11-9-20-4-5-21-11/h2-3,6-7,11H,4-5,8-9H2,1H3,(H,17,19)/t11-/m1/s1. The van der Waals surface area contributed by atoms with E-state index in [0.29, 0.717) is 37.3 Å². The summed E-state index contributed by atoms with van der Waals surface area (Å²) < 4.78 is 16.2. The third kappa shape index (κ3) is 3.18. The monoisotopic (exact) mass is 303 g/mol. The number of ether oxygens (including phenoxy) is 2. The second kappa shape index (κ2) is 6.29. The second-order valence-electron chi connectivity index (χ2n) is 5.25. The Morgan fingerprint density at radius 2 is 2.18 bits per heavy atom. The quantitative estimate of drug-likeness (QED) is 0.923. The Bertz CT molecular complexity index is 746. The van der Waals surface area contributed by atoms with Crippen molar-refractivity contribution in [2.24, 2.45) is 0 Å². The predicted molar refractivity (Wildman–Crippen MR) is 80.1 cm³/mol. The van der Waals surface area contributed by atoms with Crippen LogP contribution in [0, 0.1) is 6.92 Å². The van der Waals surface area contributed by atoms with E-state index in [1.54, 1.807) is 12.1 Å². The van der Waals surface area contributed by atoms with Gasteiger partial charge in [0.1, 0.15) is 5.58 Å².